The SMILES string of the molecule is Cc1nc2c(c(=O)[nH]1)CN(c1nc3c(C)ccc(C)c3s1)CC2. The van der Waals surface area contributed by atoms with Crippen molar-refractivity contribution in [2.75, 3.05) is 11.4 Å². The van der Waals surface area contributed by atoms with Crippen molar-refractivity contribution < 1.29 is 0 Å². The van der Waals surface area contributed by atoms with E-state index in [-0.39, 0.29) is 5.56 Å². The number of hydrogen-bond acceptors (Lipinski definition) is 5. The van der Waals surface area contributed by atoms with Gasteiger partial charge in [-0.05, 0) is 31.9 Å². The topological polar surface area (TPSA) is 61.9 Å². The number of H-pyrrole nitrogens is 1. The lowest BCUT2D eigenvalue weighted by Crippen LogP contribution is -2.35. The summed E-state index contributed by atoms with van der Waals surface area (Å²) in [5.74, 6) is 0.688. The van der Waals surface area contributed by atoms with Gasteiger partial charge >= 0.3 is 0 Å². The van der Waals surface area contributed by atoms with Gasteiger partial charge in [0.1, 0.15) is 5.82 Å². The van der Waals surface area contributed by atoms with Crippen LogP contribution in [0.2, 0.25) is 0 Å². The Labute approximate surface area is 138 Å². The highest BCUT2D eigenvalue weighted by Crippen LogP contribution is 2.34. The van der Waals surface area contributed by atoms with Crippen LogP contribution >= 0.6 is 11.3 Å². The maximum Gasteiger partial charge on any atom is 0.256 e. The predicted molar refractivity (Wildman–Crippen MR) is 93.4 cm³/mol. The van der Waals surface area contributed by atoms with Crippen molar-refractivity contribution >= 4 is 26.7 Å². The Morgan fingerprint density at radius 2 is 1.96 bits per heavy atom. The first-order valence-corrected chi connectivity index (χ1v) is 8.55. The van der Waals surface area contributed by atoms with Gasteiger partial charge in [-0.25, -0.2) is 9.97 Å². The number of nitrogens with zero attached hydrogens (tertiary/aromatic N) is 3. The third-order valence-electron chi connectivity index (χ3n) is 4.39. The summed E-state index contributed by atoms with van der Waals surface area (Å²) in [7, 11) is 0. The summed E-state index contributed by atoms with van der Waals surface area (Å²) in [5.41, 5.74) is 5.20. The molecule has 4 rings (SSSR count). The molecule has 1 aliphatic heterocycles. The molecule has 0 unspecified atom stereocenters. The van der Waals surface area contributed by atoms with E-state index in [4.69, 9.17) is 4.98 Å². The number of anilines is 1. The van der Waals surface area contributed by atoms with Crippen molar-refractivity contribution in [1.82, 2.24) is 15.0 Å². The van der Waals surface area contributed by atoms with Crippen molar-refractivity contribution in [1.29, 1.82) is 0 Å². The zero-order chi connectivity index (χ0) is 16.1. The molecule has 0 aliphatic carbocycles. The lowest BCUT2D eigenvalue weighted by molar-refractivity contribution is 0.690. The van der Waals surface area contributed by atoms with Crippen LogP contribution in [0, 0.1) is 20.8 Å². The van der Waals surface area contributed by atoms with Gasteiger partial charge < -0.3 is 9.88 Å². The Morgan fingerprint density at radius 1 is 1.17 bits per heavy atom. The molecule has 1 aromatic carbocycles. The van der Waals surface area contributed by atoms with Gasteiger partial charge in [-0.2, -0.15) is 0 Å². The molecular weight excluding hydrogens is 308 g/mol. The summed E-state index contributed by atoms with van der Waals surface area (Å²) in [4.78, 5) is 26.5. The van der Waals surface area contributed by atoms with Crippen LogP contribution in [-0.2, 0) is 13.0 Å². The number of aryl methyl sites for hydroxylation is 3. The molecular formula is C17H18N4OS. The second kappa shape index (κ2) is 5.16. The van der Waals surface area contributed by atoms with Crippen LogP contribution in [0.1, 0.15) is 28.2 Å². The minimum absolute atomic E-state index is 0.0225. The fourth-order valence-corrected chi connectivity index (χ4v) is 4.23. The maximum absolute atomic E-state index is 12.2. The van der Waals surface area contributed by atoms with Gasteiger partial charge in [0.15, 0.2) is 5.13 Å². The van der Waals surface area contributed by atoms with Gasteiger partial charge in [0, 0.05) is 13.0 Å². The molecule has 2 aromatic heterocycles. The fraction of sp³-hybridized carbons (Fsp3) is 0.353. The predicted octanol–water partition coefficient (Wildman–Crippen LogP) is 2.87. The van der Waals surface area contributed by atoms with Crippen molar-refractivity contribution in [3.05, 3.63) is 50.7 Å². The minimum Gasteiger partial charge on any atom is -0.343 e. The molecule has 3 aromatic rings. The van der Waals surface area contributed by atoms with Gasteiger partial charge in [-0.15, -0.1) is 0 Å². The van der Waals surface area contributed by atoms with Crippen LogP contribution in [0.5, 0.6) is 0 Å². The van der Waals surface area contributed by atoms with Gasteiger partial charge in [-0.3, -0.25) is 4.79 Å². The Hall–Kier alpha value is -2.21. The van der Waals surface area contributed by atoms with Crippen LogP contribution < -0.4 is 10.5 Å². The number of benzene rings is 1. The zero-order valence-corrected chi connectivity index (χ0v) is 14.3. The monoisotopic (exact) mass is 326 g/mol. The number of thiazole rings is 1. The van der Waals surface area contributed by atoms with E-state index in [0.29, 0.717) is 12.4 Å². The number of nitrogens with one attached hydrogen (secondary N) is 1. The maximum atomic E-state index is 12.2. The molecule has 1 N–H and O–H groups in total. The number of aromatic amines is 1. The van der Waals surface area contributed by atoms with E-state index in [1.165, 1.54) is 15.8 Å². The molecule has 0 saturated heterocycles. The quantitative estimate of drug-likeness (QED) is 0.747. The summed E-state index contributed by atoms with van der Waals surface area (Å²) in [5, 5.41) is 0.989. The molecule has 5 nitrogen and oxygen atoms in total. The Morgan fingerprint density at radius 3 is 2.74 bits per heavy atom. The fourth-order valence-electron chi connectivity index (χ4n) is 3.10. The highest BCUT2D eigenvalue weighted by molar-refractivity contribution is 7.22. The normalized spacial score (nSPS) is 14.3. The summed E-state index contributed by atoms with van der Waals surface area (Å²) >= 11 is 1.71. The van der Waals surface area contributed by atoms with Gasteiger partial charge in [0.05, 0.1) is 28.0 Å². The number of fused-ring (bicyclic) bond motifs is 2. The third kappa shape index (κ3) is 2.34. The number of rotatable bonds is 1. The van der Waals surface area contributed by atoms with E-state index in [2.05, 4.69) is 40.8 Å². The molecule has 0 spiro atoms. The summed E-state index contributed by atoms with van der Waals surface area (Å²) in [6, 6.07) is 4.26. The standard InChI is InChI=1S/C17H18N4OS/c1-9-4-5-10(2)15-14(9)20-17(23-15)21-7-6-13-12(8-21)16(22)19-11(3)18-13/h4-5H,6-8H2,1-3H3,(H,18,19,22). The van der Waals surface area contributed by atoms with E-state index >= 15 is 0 Å². The second-order valence-corrected chi connectivity index (χ2v) is 7.10. The van der Waals surface area contributed by atoms with E-state index in [1.807, 2.05) is 6.92 Å². The van der Waals surface area contributed by atoms with Crippen LogP contribution in [0.25, 0.3) is 10.2 Å². The molecule has 0 saturated carbocycles. The van der Waals surface area contributed by atoms with Gasteiger partial charge in [-0.1, -0.05) is 23.5 Å². The number of hydrogen-bond donors (Lipinski definition) is 1. The average molecular weight is 326 g/mol. The van der Waals surface area contributed by atoms with Crippen molar-refractivity contribution in [3.8, 4) is 0 Å². The smallest absolute Gasteiger partial charge is 0.256 e. The largest absolute Gasteiger partial charge is 0.343 e. The van der Waals surface area contributed by atoms with Crippen LogP contribution in [0.4, 0.5) is 5.13 Å². The molecule has 118 valence electrons. The Bertz CT molecular complexity index is 934. The highest BCUT2D eigenvalue weighted by atomic mass is 32.1. The molecule has 6 heteroatoms. The molecule has 0 radical (unpaired) electrons. The van der Waals surface area contributed by atoms with Crippen LogP contribution in [0.15, 0.2) is 16.9 Å². The van der Waals surface area contributed by atoms with Crippen LogP contribution in [-0.4, -0.2) is 21.5 Å². The first-order valence-electron chi connectivity index (χ1n) is 7.73. The van der Waals surface area contributed by atoms with E-state index < -0.39 is 0 Å². The second-order valence-electron chi connectivity index (χ2n) is 6.12. The summed E-state index contributed by atoms with van der Waals surface area (Å²) < 4.78 is 1.24. The lowest BCUT2D eigenvalue weighted by Gasteiger charge is -2.27. The molecule has 1 aliphatic rings. The van der Waals surface area contributed by atoms with E-state index in [0.717, 1.165) is 34.9 Å². The van der Waals surface area contributed by atoms with Crippen LogP contribution in [0.3, 0.4) is 0 Å². The molecule has 0 amide bonds. The lowest BCUT2D eigenvalue weighted by atomic mass is 10.1. The average Bonchev–Trinajstić information content (AvgIpc) is 2.97. The Balaban J connectivity index is 1.77. The molecule has 0 bridgehead atoms. The molecule has 0 fully saturated rings. The van der Waals surface area contributed by atoms with Crippen molar-refractivity contribution in [2.24, 2.45) is 0 Å². The van der Waals surface area contributed by atoms with E-state index in [1.54, 1.807) is 11.3 Å². The summed E-state index contributed by atoms with van der Waals surface area (Å²) in [6.07, 6.45) is 0.786. The van der Waals surface area contributed by atoms with Gasteiger partial charge in [0.2, 0.25) is 0 Å². The summed E-state index contributed by atoms with van der Waals surface area (Å²) in [6.45, 7) is 7.46. The zero-order valence-electron chi connectivity index (χ0n) is 13.4. The molecule has 23 heavy (non-hydrogen) atoms. The Kier molecular flexibility index (Phi) is 3.23. The first kappa shape index (κ1) is 14.4. The van der Waals surface area contributed by atoms with E-state index in [9.17, 15) is 4.79 Å². The molecule has 0 atom stereocenters. The minimum atomic E-state index is -0.0225. The first-order chi connectivity index (χ1) is 11.0. The third-order valence-corrected chi connectivity index (χ3v) is 5.64. The highest BCUT2D eigenvalue weighted by Gasteiger charge is 2.23. The van der Waals surface area contributed by atoms with Crippen molar-refractivity contribution in [3.63, 3.8) is 0 Å². The number of aromatic nitrogens is 3. The van der Waals surface area contributed by atoms with Crippen molar-refractivity contribution in [2.45, 2.75) is 33.7 Å². The van der Waals surface area contributed by atoms with Gasteiger partial charge in [0.25, 0.3) is 5.56 Å². The molecule has 3 heterocycles.